The molecule has 16 heavy (non-hydrogen) atoms. The monoisotopic (exact) mass is 214 g/mol. The predicted octanol–water partition coefficient (Wildman–Crippen LogP) is 2.80. The van der Waals surface area contributed by atoms with E-state index < -0.39 is 0 Å². The van der Waals surface area contributed by atoms with E-state index in [0.717, 1.165) is 22.7 Å². The molecule has 1 aromatic heterocycles. The van der Waals surface area contributed by atoms with Gasteiger partial charge in [-0.15, -0.1) is 0 Å². The summed E-state index contributed by atoms with van der Waals surface area (Å²) >= 11 is 0. The lowest BCUT2D eigenvalue weighted by Gasteiger charge is -2.05. The van der Waals surface area contributed by atoms with Gasteiger partial charge < -0.3 is 10.1 Å². The summed E-state index contributed by atoms with van der Waals surface area (Å²) in [5.74, 6) is 0.842. The fourth-order valence-electron chi connectivity index (χ4n) is 1.53. The minimum atomic E-state index is 0.842. The molecule has 0 unspecified atom stereocenters. The lowest BCUT2D eigenvalue weighted by atomic mass is 10.1. The van der Waals surface area contributed by atoms with Crippen molar-refractivity contribution < 1.29 is 4.74 Å². The van der Waals surface area contributed by atoms with Crippen molar-refractivity contribution in [2.45, 2.75) is 0 Å². The lowest BCUT2D eigenvalue weighted by molar-refractivity contribution is 0.415. The van der Waals surface area contributed by atoms with E-state index in [0.29, 0.717) is 0 Å². The van der Waals surface area contributed by atoms with Crippen LogP contribution < -0.4 is 10.1 Å². The van der Waals surface area contributed by atoms with E-state index in [4.69, 9.17) is 4.74 Å². The van der Waals surface area contributed by atoms with Gasteiger partial charge in [0.1, 0.15) is 5.75 Å². The number of rotatable bonds is 3. The summed E-state index contributed by atoms with van der Waals surface area (Å²) in [7, 11) is 3.56. The van der Waals surface area contributed by atoms with Crippen LogP contribution in [0, 0.1) is 0 Å². The van der Waals surface area contributed by atoms with E-state index in [1.54, 1.807) is 13.3 Å². The molecule has 0 fully saturated rings. The van der Waals surface area contributed by atoms with Crippen molar-refractivity contribution in [1.82, 2.24) is 4.98 Å². The van der Waals surface area contributed by atoms with Gasteiger partial charge in [0.2, 0.25) is 0 Å². The van der Waals surface area contributed by atoms with Crippen LogP contribution in [-0.4, -0.2) is 19.1 Å². The van der Waals surface area contributed by atoms with Gasteiger partial charge in [0.05, 0.1) is 12.8 Å². The molecular weight excluding hydrogens is 200 g/mol. The number of hydrogen-bond donors (Lipinski definition) is 1. The number of pyridine rings is 1. The standard InChI is InChI=1S/C13H14N2O/c1-14-11-6-7-15-13(9-11)10-4-3-5-12(8-10)16-2/h3-9H,1-2H3,(H,14,15). The number of benzene rings is 1. The number of ether oxygens (including phenoxy) is 1. The van der Waals surface area contributed by atoms with Crippen molar-refractivity contribution in [3.63, 3.8) is 0 Å². The van der Waals surface area contributed by atoms with Gasteiger partial charge in [0.15, 0.2) is 0 Å². The highest BCUT2D eigenvalue weighted by Crippen LogP contribution is 2.23. The summed E-state index contributed by atoms with van der Waals surface area (Å²) in [4.78, 5) is 4.34. The van der Waals surface area contributed by atoms with E-state index in [2.05, 4.69) is 10.3 Å². The van der Waals surface area contributed by atoms with Crippen molar-refractivity contribution in [3.8, 4) is 17.0 Å². The van der Waals surface area contributed by atoms with Gasteiger partial charge in [-0.2, -0.15) is 0 Å². The number of nitrogens with one attached hydrogen (secondary N) is 1. The van der Waals surface area contributed by atoms with Crippen LogP contribution in [0.25, 0.3) is 11.3 Å². The second-order valence-electron chi connectivity index (χ2n) is 3.41. The third-order valence-electron chi connectivity index (χ3n) is 2.41. The van der Waals surface area contributed by atoms with Crippen LogP contribution in [0.3, 0.4) is 0 Å². The average Bonchev–Trinajstić information content (AvgIpc) is 2.39. The first-order chi connectivity index (χ1) is 7.83. The first-order valence-corrected chi connectivity index (χ1v) is 5.11. The Bertz CT molecular complexity index is 437. The third-order valence-corrected chi connectivity index (χ3v) is 2.41. The van der Waals surface area contributed by atoms with E-state index in [1.807, 2.05) is 43.4 Å². The van der Waals surface area contributed by atoms with Gasteiger partial charge in [-0.25, -0.2) is 0 Å². The molecule has 0 atom stereocenters. The third kappa shape index (κ3) is 2.14. The molecule has 2 rings (SSSR count). The minimum Gasteiger partial charge on any atom is -0.497 e. The summed E-state index contributed by atoms with van der Waals surface area (Å²) in [6, 6.07) is 11.8. The Hall–Kier alpha value is -2.03. The summed E-state index contributed by atoms with van der Waals surface area (Å²) in [5, 5.41) is 3.09. The fourth-order valence-corrected chi connectivity index (χ4v) is 1.53. The van der Waals surface area contributed by atoms with Gasteiger partial charge >= 0.3 is 0 Å². The molecule has 3 heteroatoms. The van der Waals surface area contributed by atoms with Crippen LogP contribution in [0.15, 0.2) is 42.6 Å². The molecule has 0 spiro atoms. The number of methoxy groups -OCH3 is 1. The molecule has 1 heterocycles. The smallest absolute Gasteiger partial charge is 0.119 e. The summed E-state index contributed by atoms with van der Waals surface area (Å²) in [6.45, 7) is 0. The molecule has 0 aliphatic heterocycles. The van der Waals surface area contributed by atoms with Crippen molar-refractivity contribution in [2.75, 3.05) is 19.5 Å². The summed E-state index contributed by atoms with van der Waals surface area (Å²) < 4.78 is 5.19. The molecule has 1 aromatic carbocycles. The van der Waals surface area contributed by atoms with E-state index in [-0.39, 0.29) is 0 Å². The zero-order valence-electron chi connectivity index (χ0n) is 9.40. The number of anilines is 1. The number of nitrogens with zero attached hydrogens (tertiary/aromatic N) is 1. The zero-order valence-corrected chi connectivity index (χ0v) is 9.40. The molecule has 0 saturated heterocycles. The maximum atomic E-state index is 5.19. The summed E-state index contributed by atoms with van der Waals surface area (Å²) in [6.07, 6.45) is 1.79. The molecule has 0 aliphatic carbocycles. The molecule has 0 radical (unpaired) electrons. The fraction of sp³-hybridized carbons (Fsp3) is 0.154. The minimum absolute atomic E-state index is 0.842. The van der Waals surface area contributed by atoms with Crippen LogP contribution in [0.2, 0.25) is 0 Å². The molecule has 0 bridgehead atoms. The van der Waals surface area contributed by atoms with Crippen LogP contribution in [0.1, 0.15) is 0 Å². The van der Waals surface area contributed by atoms with Gasteiger partial charge in [0.25, 0.3) is 0 Å². The van der Waals surface area contributed by atoms with Crippen LogP contribution in [0.4, 0.5) is 5.69 Å². The first kappa shape index (κ1) is 10.5. The SMILES string of the molecule is CNc1ccnc(-c2cccc(OC)c2)c1. The number of aromatic nitrogens is 1. The molecule has 82 valence electrons. The molecule has 1 N–H and O–H groups in total. The van der Waals surface area contributed by atoms with Crippen LogP contribution in [0.5, 0.6) is 5.75 Å². The molecule has 0 aliphatic rings. The van der Waals surface area contributed by atoms with E-state index >= 15 is 0 Å². The molecular formula is C13H14N2O. The topological polar surface area (TPSA) is 34.2 Å². The van der Waals surface area contributed by atoms with Gasteiger partial charge in [0, 0.05) is 24.5 Å². The van der Waals surface area contributed by atoms with E-state index in [9.17, 15) is 0 Å². The Labute approximate surface area is 95.1 Å². The normalized spacial score (nSPS) is 9.88. The van der Waals surface area contributed by atoms with Crippen molar-refractivity contribution in [3.05, 3.63) is 42.6 Å². The maximum Gasteiger partial charge on any atom is 0.119 e. The van der Waals surface area contributed by atoms with Crippen LogP contribution >= 0.6 is 0 Å². The number of hydrogen-bond acceptors (Lipinski definition) is 3. The highest BCUT2D eigenvalue weighted by Gasteiger charge is 2.01. The summed E-state index contributed by atoms with van der Waals surface area (Å²) in [5.41, 5.74) is 3.04. The van der Waals surface area contributed by atoms with Crippen molar-refractivity contribution >= 4 is 5.69 Å². The van der Waals surface area contributed by atoms with Gasteiger partial charge in [-0.3, -0.25) is 4.98 Å². The second kappa shape index (κ2) is 4.66. The van der Waals surface area contributed by atoms with Crippen LogP contribution in [-0.2, 0) is 0 Å². The highest BCUT2D eigenvalue weighted by molar-refractivity contribution is 5.65. The Morgan fingerprint density at radius 2 is 2.06 bits per heavy atom. The van der Waals surface area contributed by atoms with Gasteiger partial charge in [-0.05, 0) is 24.3 Å². The molecule has 0 saturated carbocycles. The van der Waals surface area contributed by atoms with Gasteiger partial charge in [-0.1, -0.05) is 12.1 Å². The maximum absolute atomic E-state index is 5.19. The largest absolute Gasteiger partial charge is 0.497 e. The first-order valence-electron chi connectivity index (χ1n) is 5.11. The Morgan fingerprint density at radius 1 is 1.19 bits per heavy atom. The second-order valence-corrected chi connectivity index (χ2v) is 3.41. The Balaban J connectivity index is 2.41. The predicted molar refractivity (Wildman–Crippen MR) is 65.8 cm³/mol. The van der Waals surface area contributed by atoms with Crippen molar-refractivity contribution in [1.29, 1.82) is 0 Å². The molecule has 2 aromatic rings. The Kier molecular flexibility index (Phi) is 3.05. The molecule has 3 nitrogen and oxygen atoms in total. The average molecular weight is 214 g/mol. The zero-order chi connectivity index (χ0) is 11.4. The Morgan fingerprint density at radius 3 is 2.81 bits per heavy atom. The lowest BCUT2D eigenvalue weighted by Crippen LogP contribution is -1.90. The highest BCUT2D eigenvalue weighted by atomic mass is 16.5. The quantitative estimate of drug-likeness (QED) is 0.853. The van der Waals surface area contributed by atoms with E-state index in [1.165, 1.54) is 0 Å². The molecule has 0 amide bonds. The van der Waals surface area contributed by atoms with Crippen molar-refractivity contribution in [2.24, 2.45) is 0 Å².